The molecule has 0 saturated heterocycles. The molecule has 0 aromatic carbocycles. The number of alkyl halides is 3. The molecular weight excluding hydrogens is 218 g/mol. The first-order valence-electron chi connectivity index (χ1n) is 3.67. The molecular formula is C8H5F4NO2. The van der Waals surface area contributed by atoms with Crippen molar-refractivity contribution in [2.75, 3.05) is 7.11 Å². The van der Waals surface area contributed by atoms with Gasteiger partial charge in [0, 0.05) is 6.20 Å². The van der Waals surface area contributed by atoms with E-state index in [-0.39, 0.29) is 0 Å². The predicted molar refractivity (Wildman–Crippen MR) is 40.5 cm³/mol. The normalized spacial score (nSPS) is 11.3. The van der Waals surface area contributed by atoms with Crippen LogP contribution in [-0.2, 0) is 10.9 Å². The Morgan fingerprint density at radius 2 is 2.00 bits per heavy atom. The van der Waals surface area contributed by atoms with Crippen LogP contribution in [-0.4, -0.2) is 18.1 Å². The average Bonchev–Trinajstić information content (AvgIpc) is 2.15. The van der Waals surface area contributed by atoms with Crippen molar-refractivity contribution >= 4 is 5.97 Å². The second-order valence-electron chi connectivity index (χ2n) is 2.53. The van der Waals surface area contributed by atoms with Crippen molar-refractivity contribution in [2.45, 2.75) is 6.18 Å². The molecule has 0 atom stereocenters. The van der Waals surface area contributed by atoms with E-state index in [9.17, 15) is 22.4 Å². The summed E-state index contributed by atoms with van der Waals surface area (Å²) >= 11 is 0. The highest BCUT2D eigenvalue weighted by molar-refractivity contribution is 5.91. The van der Waals surface area contributed by atoms with Crippen LogP contribution in [0.3, 0.4) is 0 Å². The summed E-state index contributed by atoms with van der Waals surface area (Å²) in [5.41, 5.74) is -2.60. The highest BCUT2D eigenvalue weighted by Crippen LogP contribution is 2.32. The number of esters is 1. The van der Waals surface area contributed by atoms with E-state index in [2.05, 4.69) is 9.72 Å². The number of pyridine rings is 1. The Kier molecular flexibility index (Phi) is 2.92. The summed E-state index contributed by atoms with van der Waals surface area (Å²) in [6.45, 7) is 0. The number of hydrogen-bond donors (Lipinski definition) is 0. The highest BCUT2D eigenvalue weighted by Gasteiger charge is 2.37. The molecule has 0 aliphatic rings. The van der Waals surface area contributed by atoms with Gasteiger partial charge < -0.3 is 4.74 Å². The summed E-state index contributed by atoms with van der Waals surface area (Å²) < 4.78 is 53.9. The highest BCUT2D eigenvalue weighted by atomic mass is 19.4. The van der Waals surface area contributed by atoms with Gasteiger partial charge in [0.1, 0.15) is 5.56 Å². The molecule has 1 rings (SSSR count). The first-order valence-corrected chi connectivity index (χ1v) is 3.67. The molecule has 3 nitrogen and oxygen atoms in total. The number of aromatic nitrogens is 1. The third-order valence-corrected chi connectivity index (χ3v) is 1.59. The van der Waals surface area contributed by atoms with Crippen molar-refractivity contribution in [2.24, 2.45) is 0 Å². The Bertz CT molecular complexity index is 389. The van der Waals surface area contributed by atoms with Gasteiger partial charge in [-0.15, -0.1) is 0 Å². The van der Waals surface area contributed by atoms with Crippen LogP contribution in [0.4, 0.5) is 17.6 Å². The van der Waals surface area contributed by atoms with Gasteiger partial charge in [-0.3, -0.25) is 4.98 Å². The largest absolute Gasteiger partial charge is 0.465 e. The van der Waals surface area contributed by atoms with E-state index in [0.717, 1.165) is 7.11 Å². The predicted octanol–water partition coefficient (Wildman–Crippen LogP) is 2.03. The van der Waals surface area contributed by atoms with E-state index in [0.29, 0.717) is 12.4 Å². The minimum atomic E-state index is -4.85. The fourth-order valence-electron chi connectivity index (χ4n) is 0.959. The van der Waals surface area contributed by atoms with Crippen molar-refractivity contribution < 1.29 is 27.1 Å². The third kappa shape index (κ3) is 2.23. The van der Waals surface area contributed by atoms with Crippen LogP contribution in [0.25, 0.3) is 0 Å². The molecule has 1 aromatic heterocycles. The number of methoxy groups -OCH3 is 1. The lowest BCUT2D eigenvalue weighted by Crippen LogP contribution is -2.16. The Hall–Kier alpha value is -1.66. The lowest BCUT2D eigenvalue weighted by atomic mass is 10.1. The van der Waals surface area contributed by atoms with Crippen LogP contribution < -0.4 is 0 Å². The van der Waals surface area contributed by atoms with Gasteiger partial charge >= 0.3 is 12.1 Å². The number of carbonyl (C=O) groups excluding carboxylic acids is 1. The van der Waals surface area contributed by atoms with Crippen LogP contribution >= 0.6 is 0 Å². The molecule has 0 N–H and O–H groups in total. The minimum Gasteiger partial charge on any atom is -0.465 e. The Morgan fingerprint density at radius 3 is 2.47 bits per heavy atom. The lowest BCUT2D eigenvalue weighted by Gasteiger charge is -2.10. The molecule has 0 aliphatic carbocycles. The molecule has 15 heavy (non-hydrogen) atoms. The van der Waals surface area contributed by atoms with E-state index in [1.165, 1.54) is 0 Å². The topological polar surface area (TPSA) is 39.2 Å². The monoisotopic (exact) mass is 223 g/mol. The van der Waals surface area contributed by atoms with E-state index >= 15 is 0 Å². The van der Waals surface area contributed by atoms with E-state index in [1.807, 2.05) is 0 Å². The zero-order valence-electron chi connectivity index (χ0n) is 7.43. The Balaban J connectivity index is 3.40. The van der Waals surface area contributed by atoms with Crippen LogP contribution in [0.2, 0.25) is 0 Å². The van der Waals surface area contributed by atoms with Gasteiger partial charge in [-0.2, -0.15) is 13.2 Å². The number of hydrogen-bond acceptors (Lipinski definition) is 3. The van der Waals surface area contributed by atoms with Crippen molar-refractivity contribution in [1.82, 2.24) is 4.98 Å². The van der Waals surface area contributed by atoms with Gasteiger partial charge in [-0.05, 0) is 0 Å². The summed E-state index contributed by atoms with van der Waals surface area (Å²) in [6.07, 6.45) is -3.96. The van der Waals surface area contributed by atoms with E-state index in [4.69, 9.17) is 0 Å². The molecule has 1 heterocycles. The van der Waals surface area contributed by atoms with Gasteiger partial charge in [0.15, 0.2) is 5.82 Å². The zero-order valence-corrected chi connectivity index (χ0v) is 7.43. The first-order chi connectivity index (χ1) is 6.88. The van der Waals surface area contributed by atoms with Crippen molar-refractivity contribution in [1.29, 1.82) is 0 Å². The van der Waals surface area contributed by atoms with Crippen molar-refractivity contribution in [3.63, 3.8) is 0 Å². The summed E-state index contributed by atoms with van der Waals surface area (Å²) in [7, 11) is 0.863. The van der Waals surface area contributed by atoms with Gasteiger partial charge in [0.2, 0.25) is 0 Å². The first kappa shape index (κ1) is 11.4. The molecule has 1 aromatic rings. The SMILES string of the molecule is COC(=O)c1c(F)cncc1C(F)(F)F. The standard InChI is InChI=1S/C8H5F4NO2/c1-15-7(14)6-4(8(10,11)12)2-13-3-5(6)9/h2-3H,1H3. The number of ether oxygens (including phenoxy) is 1. The Labute approximate surface area is 81.7 Å². The summed E-state index contributed by atoms with van der Waals surface area (Å²) in [5.74, 6) is -2.75. The number of rotatable bonds is 1. The second kappa shape index (κ2) is 3.84. The van der Waals surface area contributed by atoms with Gasteiger partial charge in [-0.1, -0.05) is 0 Å². The molecule has 0 saturated carbocycles. The molecule has 0 amide bonds. The van der Waals surface area contributed by atoms with Gasteiger partial charge in [-0.25, -0.2) is 9.18 Å². The average molecular weight is 223 g/mol. The maximum Gasteiger partial charge on any atom is 0.418 e. The maximum atomic E-state index is 13.0. The van der Waals surface area contributed by atoms with Crippen LogP contribution in [0.15, 0.2) is 12.4 Å². The molecule has 82 valence electrons. The molecule has 0 fully saturated rings. The molecule has 0 aliphatic heterocycles. The smallest absolute Gasteiger partial charge is 0.418 e. The molecule has 0 spiro atoms. The lowest BCUT2D eigenvalue weighted by molar-refractivity contribution is -0.138. The molecule has 0 unspecified atom stereocenters. The number of nitrogens with zero attached hydrogens (tertiary/aromatic N) is 1. The Morgan fingerprint density at radius 1 is 1.40 bits per heavy atom. The van der Waals surface area contributed by atoms with E-state index in [1.54, 1.807) is 0 Å². The maximum absolute atomic E-state index is 13.0. The third-order valence-electron chi connectivity index (χ3n) is 1.59. The van der Waals surface area contributed by atoms with Crippen LogP contribution in [0, 0.1) is 5.82 Å². The van der Waals surface area contributed by atoms with Gasteiger partial charge in [0.05, 0.1) is 18.9 Å². The van der Waals surface area contributed by atoms with Crippen LogP contribution in [0.5, 0.6) is 0 Å². The number of halogens is 4. The molecule has 0 radical (unpaired) electrons. The van der Waals surface area contributed by atoms with Crippen molar-refractivity contribution in [3.05, 3.63) is 29.3 Å². The van der Waals surface area contributed by atoms with Crippen molar-refractivity contribution in [3.8, 4) is 0 Å². The number of carbonyl (C=O) groups is 1. The minimum absolute atomic E-state index is 0.370. The summed E-state index contributed by atoms with van der Waals surface area (Å²) in [5, 5.41) is 0. The second-order valence-corrected chi connectivity index (χ2v) is 2.53. The molecule has 7 heteroatoms. The zero-order chi connectivity index (χ0) is 11.6. The fourth-order valence-corrected chi connectivity index (χ4v) is 0.959. The fraction of sp³-hybridized carbons (Fsp3) is 0.250. The van der Waals surface area contributed by atoms with E-state index < -0.39 is 29.1 Å². The molecule has 0 bridgehead atoms. The van der Waals surface area contributed by atoms with Gasteiger partial charge in [0.25, 0.3) is 0 Å². The quantitative estimate of drug-likeness (QED) is 0.540. The summed E-state index contributed by atoms with van der Waals surface area (Å²) in [6, 6.07) is 0. The van der Waals surface area contributed by atoms with Crippen LogP contribution in [0.1, 0.15) is 15.9 Å². The summed E-state index contributed by atoms with van der Waals surface area (Å²) in [4.78, 5) is 13.9.